The van der Waals surface area contributed by atoms with Crippen molar-refractivity contribution in [3.63, 3.8) is 0 Å². The molecule has 1 heterocycles. The molecule has 1 unspecified atom stereocenters. The summed E-state index contributed by atoms with van der Waals surface area (Å²) >= 11 is 0. The summed E-state index contributed by atoms with van der Waals surface area (Å²) in [6.07, 6.45) is 6.81. The Bertz CT molecular complexity index is 313. The molecule has 0 amide bonds. The molecule has 3 nitrogen and oxygen atoms in total. The monoisotopic (exact) mass is 237 g/mol. The number of carbonyl (C=O) groups excluding carboxylic acids is 1. The SMILES string of the molecule is CC(C)(C)C(=O)OC1C=CCN(CC2CC2)C1. The number of esters is 1. The van der Waals surface area contributed by atoms with Crippen molar-refractivity contribution in [1.82, 2.24) is 4.90 Å². The molecule has 0 aromatic rings. The van der Waals surface area contributed by atoms with Gasteiger partial charge in [0, 0.05) is 19.6 Å². The second-order valence-corrected chi connectivity index (χ2v) is 6.28. The van der Waals surface area contributed by atoms with Gasteiger partial charge in [-0.25, -0.2) is 0 Å². The summed E-state index contributed by atoms with van der Waals surface area (Å²) in [4.78, 5) is 14.2. The van der Waals surface area contributed by atoms with Crippen LogP contribution in [0.25, 0.3) is 0 Å². The van der Waals surface area contributed by atoms with Gasteiger partial charge < -0.3 is 4.74 Å². The summed E-state index contributed by atoms with van der Waals surface area (Å²) in [6.45, 7) is 8.69. The first-order valence-corrected chi connectivity index (χ1v) is 6.55. The van der Waals surface area contributed by atoms with Crippen LogP contribution in [0.1, 0.15) is 33.6 Å². The van der Waals surface area contributed by atoms with Gasteiger partial charge in [-0.2, -0.15) is 0 Å². The number of carbonyl (C=O) groups is 1. The molecule has 3 heteroatoms. The Labute approximate surface area is 104 Å². The zero-order chi connectivity index (χ0) is 12.5. The summed E-state index contributed by atoms with van der Waals surface area (Å²) in [5.74, 6) is 0.779. The minimum atomic E-state index is -0.410. The maximum Gasteiger partial charge on any atom is 0.311 e. The van der Waals surface area contributed by atoms with Crippen LogP contribution in [0, 0.1) is 11.3 Å². The maximum absolute atomic E-state index is 11.8. The molecule has 0 radical (unpaired) electrons. The van der Waals surface area contributed by atoms with E-state index in [1.165, 1.54) is 12.8 Å². The molecular weight excluding hydrogens is 214 g/mol. The highest BCUT2D eigenvalue weighted by Crippen LogP contribution is 2.30. The molecule has 0 spiro atoms. The number of nitrogens with zero attached hydrogens (tertiary/aromatic N) is 1. The van der Waals surface area contributed by atoms with Gasteiger partial charge in [0.2, 0.25) is 0 Å². The molecule has 17 heavy (non-hydrogen) atoms. The van der Waals surface area contributed by atoms with E-state index < -0.39 is 5.41 Å². The Morgan fingerprint density at radius 2 is 2.12 bits per heavy atom. The first-order valence-electron chi connectivity index (χ1n) is 6.55. The number of rotatable bonds is 3. The average molecular weight is 237 g/mol. The van der Waals surface area contributed by atoms with Gasteiger partial charge in [0.05, 0.1) is 5.41 Å². The highest BCUT2D eigenvalue weighted by molar-refractivity contribution is 5.75. The van der Waals surface area contributed by atoms with Crippen molar-refractivity contribution in [3.05, 3.63) is 12.2 Å². The lowest BCUT2D eigenvalue weighted by molar-refractivity contribution is -0.157. The zero-order valence-electron chi connectivity index (χ0n) is 11.1. The Kier molecular flexibility index (Phi) is 3.57. The zero-order valence-corrected chi connectivity index (χ0v) is 11.1. The molecule has 1 aliphatic carbocycles. The minimum absolute atomic E-state index is 0.0609. The lowest BCUT2D eigenvalue weighted by atomic mass is 9.97. The fraction of sp³-hybridized carbons (Fsp3) is 0.786. The van der Waals surface area contributed by atoms with Gasteiger partial charge in [0.1, 0.15) is 6.10 Å². The van der Waals surface area contributed by atoms with Crippen LogP contribution in [0.4, 0.5) is 0 Å². The minimum Gasteiger partial charge on any atom is -0.456 e. The fourth-order valence-electron chi connectivity index (χ4n) is 1.96. The van der Waals surface area contributed by atoms with Gasteiger partial charge in [-0.15, -0.1) is 0 Å². The molecule has 0 saturated heterocycles. The third-order valence-electron chi connectivity index (χ3n) is 3.24. The highest BCUT2D eigenvalue weighted by atomic mass is 16.5. The van der Waals surface area contributed by atoms with Crippen molar-refractivity contribution in [3.8, 4) is 0 Å². The van der Waals surface area contributed by atoms with Crippen molar-refractivity contribution in [2.75, 3.05) is 19.6 Å². The molecule has 1 saturated carbocycles. The number of hydrogen-bond acceptors (Lipinski definition) is 3. The topological polar surface area (TPSA) is 29.5 Å². The first-order chi connectivity index (χ1) is 7.95. The molecule has 2 rings (SSSR count). The largest absolute Gasteiger partial charge is 0.456 e. The van der Waals surface area contributed by atoms with Crippen LogP contribution < -0.4 is 0 Å². The average Bonchev–Trinajstić information content (AvgIpc) is 3.00. The van der Waals surface area contributed by atoms with E-state index in [1.54, 1.807) is 0 Å². The molecule has 1 aliphatic heterocycles. The van der Waals surface area contributed by atoms with Crippen molar-refractivity contribution in [2.24, 2.45) is 11.3 Å². The standard InChI is InChI=1S/C14H23NO2/c1-14(2,3)13(16)17-12-5-4-8-15(10-12)9-11-6-7-11/h4-5,11-12H,6-10H2,1-3H3. The number of hydrogen-bond donors (Lipinski definition) is 0. The molecule has 1 fully saturated rings. The fourth-order valence-corrected chi connectivity index (χ4v) is 1.96. The van der Waals surface area contributed by atoms with Crippen molar-refractivity contribution in [1.29, 1.82) is 0 Å². The summed E-state index contributed by atoms with van der Waals surface area (Å²) in [6, 6.07) is 0. The molecule has 0 N–H and O–H groups in total. The van der Waals surface area contributed by atoms with E-state index in [2.05, 4.69) is 11.0 Å². The molecule has 2 aliphatic rings. The lowest BCUT2D eigenvalue weighted by Crippen LogP contribution is -2.40. The summed E-state index contributed by atoms with van der Waals surface area (Å²) in [5, 5.41) is 0. The van der Waals surface area contributed by atoms with Crippen LogP contribution in [0.2, 0.25) is 0 Å². The van der Waals surface area contributed by atoms with Crippen LogP contribution in [0.15, 0.2) is 12.2 Å². The highest BCUT2D eigenvalue weighted by Gasteiger charge is 2.29. The second kappa shape index (κ2) is 4.81. The lowest BCUT2D eigenvalue weighted by Gasteiger charge is -2.30. The van der Waals surface area contributed by atoms with Gasteiger partial charge in [-0.1, -0.05) is 6.08 Å². The van der Waals surface area contributed by atoms with Crippen molar-refractivity contribution in [2.45, 2.75) is 39.7 Å². The van der Waals surface area contributed by atoms with E-state index in [0.29, 0.717) is 0 Å². The van der Waals surface area contributed by atoms with Crippen LogP contribution >= 0.6 is 0 Å². The van der Waals surface area contributed by atoms with E-state index in [9.17, 15) is 4.79 Å². The Balaban J connectivity index is 1.82. The molecule has 0 bridgehead atoms. The Hall–Kier alpha value is -0.830. The van der Waals surface area contributed by atoms with Crippen LogP contribution in [0.3, 0.4) is 0 Å². The molecule has 96 valence electrons. The maximum atomic E-state index is 11.8. The molecular formula is C14H23NO2. The Morgan fingerprint density at radius 1 is 1.41 bits per heavy atom. The predicted molar refractivity (Wildman–Crippen MR) is 67.6 cm³/mol. The van der Waals surface area contributed by atoms with E-state index in [0.717, 1.165) is 25.6 Å². The Morgan fingerprint density at radius 3 is 2.71 bits per heavy atom. The summed E-state index contributed by atoms with van der Waals surface area (Å²) in [7, 11) is 0. The van der Waals surface area contributed by atoms with Gasteiger partial charge in [-0.3, -0.25) is 9.69 Å². The normalized spacial score (nSPS) is 25.9. The molecule has 0 aromatic carbocycles. The smallest absolute Gasteiger partial charge is 0.311 e. The summed E-state index contributed by atoms with van der Waals surface area (Å²) < 4.78 is 5.52. The third kappa shape index (κ3) is 3.84. The first kappa shape index (κ1) is 12.6. The van der Waals surface area contributed by atoms with E-state index in [1.807, 2.05) is 26.8 Å². The third-order valence-corrected chi connectivity index (χ3v) is 3.24. The predicted octanol–water partition coefficient (Wildman–Crippen LogP) is 2.23. The van der Waals surface area contributed by atoms with E-state index in [-0.39, 0.29) is 12.1 Å². The van der Waals surface area contributed by atoms with Gasteiger partial charge in [0.25, 0.3) is 0 Å². The van der Waals surface area contributed by atoms with Crippen LogP contribution in [0.5, 0.6) is 0 Å². The van der Waals surface area contributed by atoms with Gasteiger partial charge >= 0.3 is 5.97 Å². The van der Waals surface area contributed by atoms with Crippen LogP contribution in [-0.4, -0.2) is 36.6 Å². The van der Waals surface area contributed by atoms with E-state index in [4.69, 9.17) is 4.74 Å². The van der Waals surface area contributed by atoms with Crippen molar-refractivity contribution < 1.29 is 9.53 Å². The number of ether oxygens (including phenoxy) is 1. The van der Waals surface area contributed by atoms with Gasteiger partial charge in [-0.05, 0) is 45.6 Å². The molecule has 0 aromatic heterocycles. The van der Waals surface area contributed by atoms with Gasteiger partial charge in [0.15, 0.2) is 0 Å². The molecule has 1 atom stereocenters. The van der Waals surface area contributed by atoms with Crippen molar-refractivity contribution >= 4 is 5.97 Å². The van der Waals surface area contributed by atoms with Crippen LogP contribution in [-0.2, 0) is 9.53 Å². The second-order valence-electron chi connectivity index (χ2n) is 6.28. The quantitative estimate of drug-likeness (QED) is 0.557. The summed E-state index contributed by atoms with van der Waals surface area (Å²) in [5.41, 5.74) is -0.410. The van der Waals surface area contributed by atoms with E-state index >= 15 is 0 Å².